The topological polar surface area (TPSA) is 29.3 Å². The van der Waals surface area contributed by atoms with E-state index in [0.29, 0.717) is 12.1 Å². The second kappa shape index (κ2) is 9.80. The summed E-state index contributed by atoms with van der Waals surface area (Å²) in [6, 6.07) is 1.16. The van der Waals surface area contributed by atoms with Crippen LogP contribution in [0.15, 0.2) is 0 Å². The van der Waals surface area contributed by atoms with E-state index >= 15 is 0 Å². The molecule has 2 heteroatoms. The minimum atomic E-state index is 0.454. The predicted octanol–water partition coefficient (Wildman–Crippen LogP) is 3.94. The van der Waals surface area contributed by atoms with E-state index in [-0.39, 0.29) is 0 Å². The molecule has 0 spiro atoms. The summed E-state index contributed by atoms with van der Waals surface area (Å²) in [6.45, 7) is 7.14. The van der Waals surface area contributed by atoms with Gasteiger partial charge >= 0.3 is 0 Å². The smallest absolute Gasteiger partial charge is 0.00816 e. The molecule has 0 aromatic heterocycles. The van der Waals surface area contributed by atoms with Crippen LogP contribution in [0.3, 0.4) is 0 Å². The van der Waals surface area contributed by atoms with E-state index in [4.69, 9.17) is 5.73 Å². The number of nitrogens with zero attached hydrogens (tertiary/aromatic N) is 1. The summed E-state index contributed by atoms with van der Waals surface area (Å²) in [5.41, 5.74) is 5.99. The monoisotopic (exact) mass is 254 g/mol. The van der Waals surface area contributed by atoms with E-state index in [9.17, 15) is 0 Å². The van der Waals surface area contributed by atoms with Crippen molar-refractivity contribution in [3.63, 3.8) is 0 Å². The van der Waals surface area contributed by atoms with Crippen LogP contribution in [-0.4, -0.2) is 30.1 Å². The molecule has 0 aromatic rings. The highest BCUT2D eigenvalue weighted by Gasteiger charge is 2.22. The highest BCUT2D eigenvalue weighted by Crippen LogP contribution is 2.17. The molecular formula is C16H34N2. The van der Waals surface area contributed by atoms with E-state index in [0.717, 1.165) is 0 Å². The van der Waals surface area contributed by atoms with Gasteiger partial charge in [-0.1, -0.05) is 51.9 Å². The Labute approximate surface area is 114 Å². The summed E-state index contributed by atoms with van der Waals surface area (Å²) in [6.07, 6.45) is 13.7. The van der Waals surface area contributed by atoms with Crippen LogP contribution in [0.2, 0.25) is 0 Å². The summed E-state index contributed by atoms with van der Waals surface area (Å²) in [5, 5.41) is 0. The van der Waals surface area contributed by atoms with Crippen LogP contribution in [0, 0.1) is 0 Å². The molecule has 1 aliphatic rings. The van der Waals surface area contributed by atoms with Crippen LogP contribution in [0.1, 0.15) is 78.1 Å². The summed E-state index contributed by atoms with van der Waals surface area (Å²) in [7, 11) is 0. The largest absolute Gasteiger partial charge is 0.328 e. The number of unbranched alkanes of at least 4 members (excludes halogenated alkanes) is 7. The second-order valence-electron chi connectivity index (χ2n) is 6.14. The van der Waals surface area contributed by atoms with Gasteiger partial charge in [0.1, 0.15) is 0 Å². The zero-order chi connectivity index (χ0) is 13.2. The maximum absolute atomic E-state index is 5.99. The number of rotatable bonds is 9. The number of likely N-dealkylation sites (tertiary alicyclic amines) is 1. The molecule has 2 nitrogen and oxygen atoms in total. The van der Waals surface area contributed by atoms with E-state index in [1.165, 1.54) is 77.3 Å². The summed E-state index contributed by atoms with van der Waals surface area (Å²) < 4.78 is 0. The maximum Gasteiger partial charge on any atom is 0.00816 e. The molecule has 0 aromatic carbocycles. The summed E-state index contributed by atoms with van der Waals surface area (Å²) in [4.78, 5) is 2.64. The molecule has 1 aliphatic heterocycles. The first-order chi connectivity index (χ1) is 8.74. The van der Waals surface area contributed by atoms with Gasteiger partial charge in [0, 0.05) is 12.1 Å². The molecule has 1 rings (SSSR count). The first kappa shape index (κ1) is 16.0. The van der Waals surface area contributed by atoms with Crippen LogP contribution in [-0.2, 0) is 0 Å². The molecule has 1 fully saturated rings. The Bertz CT molecular complexity index is 194. The molecule has 2 unspecified atom stereocenters. The van der Waals surface area contributed by atoms with Gasteiger partial charge in [0.2, 0.25) is 0 Å². The van der Waals surface area contributed by atoms with Crippen LogP contribution < -0.4 is 5.73 Å². The molecule has 0 aliphatic carbocycles. The molecular weight excluding hydrogens is 220 g/mol. The van der Waals surface area contributed by atoms with E-state index in [2.05, 4.69) is 18.7 Å². The highest BCUT2D eigenvalue weighted by molar-refractivity contribution is 4.80. The highest BCUT2D eigenvalue weighted by atomic mass is 15.2. The van der Waals surface area contributed by atoms with Gasteiger partial charge in [0.25, 0.3) is 0 Å². The first-order valence-electron chi connectivity index (χ1n) is 8.23. The lowest BCUT2D eigenvalue weighted by Gasteiger charge is -2.36. The van der Waals surface area contributed by atoms with E-state index in [1.807, 2.05) is 0 Å². The van der Waals surface area contributed by atoms with Crippen molar-refractivity contribution in [1.29, 1.82) is 0 Å². The van der Waals surface area contributed by atoms with E-state index < -0.39 is 0 Å². The number of hydrogen-bond donors (Lipinski definition) is 1. The van der Waals surface area contributed by atoms with Crippen molar-refractivity contribution in [3.05, 3.63) is 0 Å². The lowest BCUT2D eigenvalue weighted by atomic mass is 9.98. The third-order valence-corrected chi connectivity index (χ3v) is 4.35. The van der Waals surface area contributed by atoms with Crippen LogP contribution in [0.5, 0.6) is 0 Å². The predicted molar refractivity (Wildman–Crippen MR) is 80.9 cm³/mol. The molecule has 1 saturated heterocycles. The quantitative estimate of drug-likeness (QED) is 0.632. The standard InChI is InChI=1S/C16H34N2/c1-3-4-5-6-7-8-9-10-12-18-13-11-16(17)14-15(18)2/h15-16H,3-14,17H2,1-2H3. The van der Waals surface area contributed by atoms with Crippen molar-refractivity contribution in [1.82, 2.24) is 4.90 Å². The van der Waals surface area contributed by atoms with Crippen LogP contribution in [0.4, 0.5) is 0 Å². The summed E-state index contributed by atoms with van der Waals surface area (Å²) in [5.74, 6) is 0. The molecule has 18 heavy (non-hydrogen) atoms. The van der Waals surface area contributed by atoms with Crippen molar-refractivity contribution in [2.45, 2.75) is 90.1 Å². The van der Waals surface area contributed by atoms with Crippen molar-refractivity contribution < 1.29 is 0 Å². The third kappa shape index (κ3) is 6.75. The molecule has 0 amide bonds. The number of hydrogen-bond acceptors (Lipinski definition) is 2. The van der Waals surface area contributed by atoms with Gasteiger partial charge in [-0.3, -0.25) is 0 Å². The van der Waals surface area contributed by atoms with E-state index in [1.54, 1.807) is 0 Å². The zero-order valence-corrected chi connectivity index (χ0v) is 12.7. The lowest BCUT2D eigenvalue weighted by Crippen LogP contribution is -2.45. The second-order valence-corrected chi connectivity index (χ2v) is 6.14. The normalized spacial score (nSPS) is 25.5. The van der Waals surface area contributed by atoms with Crippen molar-refractivity contribution in [2.75, 3.05) is 13.1 Å². The minimum Gasteiger partial charge on any atom is -0.328 e. The van der Waals surface area contributed by atoms with Gasteiger partial charge in [-0.2, -0.15) is 0 Å². The van der Waals surface area contributed by atoms with Crippen molar-refractivity contribution in [2.24, 2.45) is 5.73 Å². The Morgan fingerprint density at radius 1 is 1.00 bits per heavy atom. The van der Waals surface area contributed by atoms with Crippen molar-refractivity contribution in [3.8, 4) is 0 Å². The lowest BCUT2D eigenvalue weighted by molar-refractivity contribution is 0.145. The molecule has 0 bridgehead atoms. The Morgan fingerprint density at radius 3 is 2.22 bits per heavy atom. The Balaban J connectivity index is 1.91. The fraction of sp³-hybridized carbons (Fsp3) is 1.00. The van der Waals surface area contributed by atoms with Gasteiger partial charge in [0.15, 0.2) is 0 Å². The number of nitrogens with two attached hydrogens (primary N) is 1. The molecule has 108 valence electrons. The molecule has 0 radical (unpaired) electrons. The van der Waals surface area contributed by atoms with Gasteiger partial charge in [-0.05, 0) is 39.3 Å². The molecule has 1 heterocycles. The fourth-order valence-electron chi connectivity index (χ4n) is 3.04. The third-order valence-electron chi connectivity index (χ3n) is 4.35. The zero-order valence-electron chi connectivity index (χ0n) is 12.7. The Morgan fingerprint density at radius 2 is 1.61 bits per heavy atom. The molecule has 2 atom stereocenters. The van der Waals surface area contributed by atoms with Gasteiger partial charge in [-0.25, -0.2) is 0 Å². The molecule has 0 saturated carbocycles. The average molecular weight is 254 g/mol. The average Bonchev–Trinajstić information content (AvgIpc) is 2.35. The SMILES string of the molecule is CCCCCCCCCCN1CCC(N)CC1C. The first-order valence-corrected chi connectivity index (χ1v) is 8.23. The van der Waals surface area contributed by atoms with Gasteiger partial charge in [-0.15, -0.1) is 0 Å². The number of piperidine rings is 1. The van der Waals surface area contributed by atoms with Gasteiger partial charge < -0.3 is 10.6 Å². The van der Waals surface area contributed by atoms with Crippen molar-refractivity contribution >= 4 is 0 Å². The maximum atomic E-state index is 5.99. The summed E-state index contributed by atoms with van der Waals surface area (Å²) >= 11 is 0. The fourth-order valence-corrected chi connectivity index (χ4v) is 3.04. The minimum absolute atomic E-state index is 0.454. The van der Waals surface area contributed by atoms with Crippen LogP contribution in [0.25, 0.3) is 0 Å². The Hall–Kier alpha value is -0.0800. The molecule has 2 N–H and O–H groups in total. The van der Waals surface area contributed by atoms with Crippen LogP contribution >= 0.6 is 0 Å². The van der Waals surface area contributed by atoms with Gasteiger partial charge in [0.05, 0.1) is 0 Å². The Kier molecular flexibility index (Phi) is 8.70.